The van der Waals surface area contributed by atoms with Gasteiger partial charge in [0.25, 0.3) is 0 Å². The van der Waals surface area contributed by atoms with Gasteiger partial charge >= 0.3 is 23.9 Å². The van der Waals surface area contributed by atoms with Gasteiger partial charge in [-0.15, -0.1) is 0 Å². The molecule has 26 heavy (non-hydrogen) atoms. The van der Waals surface area contributed by atoms with Gasteiger partial charge in [-0.05, 0) is 6.92 Å². The topological polar surface area (TPSA) is 220 Å². The van der Waals surface area contributed by atoms with E-state index in [9.17, 15) is 39.6 Å². The van der Waals surface area contributed by atoms with Crippen LogP contribution in [0.15, 0.2) is 0 Å². The van der Waals surface area contributed by atoms with Crippen LogP contribution < -0.4 is 11.5 Å². The Kier molecular flexibility index (Phi) is 9.13. The van der Waals surface area contributed by atoms with Gasteiger partial charge in [0, 0.05) is 6.61 Å². The standard InChI is InChI=1S/C14H24N2O10/c1-2-25-13(3-9(17)18,4-10(19)20)14(5-11(21)22,6-12(23)24)26-7-8(15)16/h8H,2-7,15-16H2,1H3,(H,17,18)(H,19,20)(H,21,22)(H,23,24). The second-order valence-corrected chi connectivity index (χ2v) is 5.68. The summed E-state index contributed by atoms with van der Waals surface area (Å²) in [7, 11) is 0. The number of ether oxygens (including phenoxy) is 2. The SMILES string of the molecule is CCOC(CC(=O)O)(CC(=O)O)C(CC(=O)O)(CC(=O)O)OCC(N)N. The molecule has 0 saturated heterocycles. The summed E-state index contributed by atoms with van der Waals surface area (Å²) < 4.78 is 10.7. The minimum atomic E-state index is -2.34. The van der Waals surface area contributed by atoms with Crippen molar-refractivity contribution in [3.05, 3.63) is 0 Å². The van der Waals surface area contributed by atoms with Crippen molar-refractivity contribution < 1.29 is 49.1 Å². The highest BCUT2D eigenvalue weighted by Crippen LogP contribution is 2.42. The Morgan fingerprint density at radius 1 is 0.769 bits per heavy atom. The first-order valence-electron chi connectivity index (χ1n) is 7.56. The highest BCUT2D eigenvalue weighted by atomic mass is 16.6. The number of nitrogens with two attached hydrogens (primary N) is 2. The predicted molar refractivity (Wildman–Crippen MR) is 84.2 cm³/mol. The normalized spacial score (nSPS) is 12.2. The largest absolute Gasteiger partial charge is 0.481 e. The van der Waals surface area contributed by atoms with Gasteiger partial charge in [-0.2, -0.15) is 0 Å². The van der Waals surface area contributed by atoms with Crippen LogP contribution in [0.1, 0.15) is 32.6 Å². The third-order valence-electron chi connectivity index (χ3n) is 3.55. The molecule has 0 heterocycles. The molecule has 0 fully saturated rings. The van der Waals surface area contributed by atoms with Crippen LogP contribution in [-0.4, -0.2) is 74.9 Å². The quantitative estimate of drug-likeness (QED) is 0.193. The summed E-state index contributed by atoms with van der Waals surface area (Å²) in [5.41, 5.74) is 6.11. The van der Waals surface area contributed by atoms with Gasteiger partial charge in [-0.25, -0.2) is 0 Å². The lowest BCUT2D eigenvalue weighted by Gasteiger charge is -2.47. The van der Waals surface area contributed by atoms with Gasteiger partial charge < -0.3 is 41.4 Å². The van der Waals surface area contributed by atoms with E-state index in [2.05, 4.69) is 0 Å². The minimum Gasteiger partial charge on any atom is -0.481 e. The van der Waals surface area contributed by atoms with Crippen LogP contribution in [0, 0.1) is 0 Å². The van der Waals surface area contributed by atoms with E-state index in [1.54, 1.807) is 0 Å². The Morgan fingerprint density at radius 2 is 1.08 bits per heavy atom. The molecule has 0 amide bonds. The Balaban J connectivity index is 6.53. The molecule has 0 aromatic rings. The number of carboxylic acid groups (broad SMARTS) is 4. The Bertz CT molecular complexity index is 502. The summed E-state index contributed by atoms with van der Waals surface area (Å²) in [5, 5.41) is 36.9. The van der Waals surface area contributed by atoms with Crippen molar-refractivity contribution in [2.75, 3.05) is 13.2 Å². The van der Waals surface area contributed by atoms with Crippen molar-refractivity contribution in [2.24, 2.45) is 11.5 Å². The second-order valence-electron chi connectivity index (χ2n) is 5.68. The minimum absolute atomic E-state index is 0.223. The van der Waals surface area contributed by atoms with Gasteiger partial charge in [0.05, 0.1) is 38.5 Å². The van der Waals surface area contributed by atoms with Crippen molar-refractivity contribution in [1.82, 2.24) is 0 Å². The number of rotatable bonds is 14. The predicted octanol–water partition coefficient (Wildman–Crippen LogP) is -1.34. The van der Waals surface area contributed by atoms with Crippen LogP contribution in [0.5, 0.6) is 0 Å². The van der Waals surface area contributed by atoms with E-state index in [1.165, 1.54) is 6.92 Å². The molecule has 12 heteroatoms. The van der Waals surface area contributed by atoms with Crippen LogP contribution in [0.4, 0.5) is 0 Å². The number of hydrogen-bond donors (Lipinski definition) is 6. The fraction of sp³-hybridized carbons (Fsp3) is 0.714. The maximum atomic E-state index is 11.4. The van der Waals surface area contributed by atoms with Crippen LogP contribution in [0.3, 0.4) is 0 Å². The van der Waals surface area contributed by atoms with E-state index in [0.29, 0.717) is 0 Å². The van der Waals surface area contributed by atoms with Gasteiger partial charge in [-0.3, -0.25) is 19.2 Å². The molecule has 0 bridgehead atoms. The summed E-state index contributed by atoms with van der Waals surface area (Å²) in [5.74, 6) is -6.14. The van der Waals surface area contributed by atoms with Gasteiger partial charge in [-0.1, -0.05) is 0 Å². The third-order valence-corrected chi connectivity index (χ3v) is 3.55. The second kappa shape index (κ2) is 10.0. The zero-order valence-corrected chi connectivity index (χ0v) is 14.2. The molecule has 0 aliphatic heterocycles. The molecule has 0 unspecified atom stereocenters. The summed E-state index contributed by atoms with van der Waals surface area (Å²) in [6.45, 7) is 0.646. The summed E-state index contributed by atoms with van der Waals surface area (Å²) >= 11 is 0. The molecule has 0 aliphatic rings. The molecule has 0 radical (unpaired) electrons. The fourth-order valence-electron chi connectivity index (χ4n) is 2.75. The van der Waals surface area contributed by atoms with Crippen molar-refractivity contribution in [1.29, 1.82) is 0 Å². The average Bonchev–Trinajstić information content (AvgIpc) is 2.42. The van der Waals surface area contributed by atoms with Crippen molar-refractivity contribution >= 4 is 23.9 Å². The molecule has 0 rings (SSSR count). The molecule has 8 N–H and O–H groups in total. The lowest BCUT2D eigenvalue weighted by molar-refractivity contribution is -0.230. The van der Waals surface area contributed by atoms with Gasteiger partial charge in [0.15, 0.2) is 0 Å². The van der Waals surface area contributed by atoms with Crippen LogP contribution in [0.25, 0.3) is 0 Å². The van der Waals surface area contributed by atoms with Crippen molar-refractivity contribution in [3.8, 4) is 0 Å². The van der Waals surface area contributed by atoms with Crippen LogP contribution in [0.2, 0.25) is 0 Å². The molecule has 12 nitrogen and oxygen atoms in total. The van der Waals surface area contributed by atoms with E-state index >= 15 is 0 Å². The molecular formula is C14H24N2O10. The van der Waals surface area contributed by atoms with Gasteiger partial charge in [0.1, 0.15) is 11.2 Å². The molecule has 0 aromatic carbocycles. The smallest absolute Gasteiger partial charge is 0.306 e. The molecule has 0 atom stereocenters. The van der Waals surface area contributed by atoms with Crippen LogP contribution in [-0.2, 0) is 28.7 Å². The Hall–Kier alpha value is -2.28. The van der Waals surface area contributed by atoms with Crippen molar-refractivity contribution in [3.63, 3.8) is 0 Å². The first-order chi connectivity index (χ1) is 11.9. The number of carboxylic acids is 4. The third kappa shape index (κ3) is 6.92. The maximum Gasteiger partial charge on any atom is 0.306 e. The monoisotopic (exact) mass is 380 g/mol. The maximum absolute atomic E-state index is 11.4. The van der Waals surface area contributed by atoms with E-state index in [0.717, 1.165) is 0 Å². The molecule has 0 aliphatic carbocycles. The fourth-order valence-corrected chi connectivity index (χ4v) is 2.75. The first kappa shape index (κ1) is 23.7. The van der Waals surface area contributed by atoms with E-state index in [4.69, 9.17) is 20.9 Å². The summed E-state index contributed by atoms with van der Waals surface area (Å²) in [6.07, 6.45) is -5.23. The lowest BCUT2D eigenvalue weighted by Crippen LogP contribution is -2.62. The molecule has 150 valence electrons. The summed E-state index contributed by atoms with van der Waals surface area (Å²) in [6, 6.07) is 0. The molecule has 0 aromatic heterocycles. The number of hydrogen-bond acceptors (Lipinski definition) is 8. The van der Waals surface area contributed by atoms with Gasteiger partial charge in [0.2, 0.25) is 0 Å². The molecule has 0 spiro atoms. The molecule has 0 saturated carbocycles. The van der Waals surface area contributed by atoms with Crippen molar-refractivity contribution in [2.45, 2.75) is 50.0 Å². The first-order valence-corrected chi connectivity index (χ1v) is 7.56. The number of carbonyl (C=O) groups is 4. The zero-order valence-electron chi connectivity index (χ0n) is 14.2. The van der Waals surface area contributed by atoms with E-state index in [-0.39, 0.29) is 6.61 Å². The highest BCUT2D eigenvalue weighted by Gasteiger charge is 2.58. The zero-order chi connectivity index (χ0) is 20.5. The lowest BCUT2D eigenvalue weighted by atomic mass is 9.73. The Labute approximate surface area is 148 Å². The van der Waals surface area contributed by atoms with E-state index < -0.39 is 73.5 Å². The molecular weight excluding hydrogens is 356 g/mol. The van der Waals surface area contributed by atoms with E-state index in [1.807, 2.05) is 0 Å². The summed E-state index contributed by atoms with van der Waals surface area (Å²) in [4.78, 5) is 45.5. The average molecular weight is 380 g/mol. The highest BCUT2D eigenvalue weighted by molar-refractivity contribution is 5.77. The Morgan fingerprint density at radius 3 is 1.31 bits per heavy atom. The van der Waals surface area contributed by atoms with Crippen LogP contribution >= 0.6 is 0 Å². The number of aliphatic carboxylic acids is 4.